The second-order valence-corrected chi connectivity index (χ2v) is 8.29. The van der Waals surface area contributed by atoms with Crippen molar-refractivity contribution < 1.29 is 9.84 Å². The average Bonchev–Trinajstić information content (AvgIpc) is 2.46. The lowest BCUT2D eigenvalue weighted by molar-refractivity contribution is -0.00866. The van der Waals surface area contributed by atoms with Gasteiger partial charge in [-0.1, -0.05) is 33.6 Å². The monoisotopic (exact) mass is 316 g/mol. The zero-order valence-corrected chi connectivity index (χ0v) is 15.2. The lowest BCUT2D eigenvalue weighted by Crippen LogP contribution is -2.45. The summed E-state index contributed by atoms with van der Waals surface area (Å²) in [5.41, 5.74) is 2.26. The quantitative estimate of drug-likeness (QED) is 0.694. The summed E-state index contributed by atoms with van der Waals surface area (Å²) in [5, 5.41) is 10.7. The molecule has 128 valence electrons. The van der Waals surface area contributed by atoms with Crippen LogP contribution >= 0.6 is 0 Å². The maximum absolute atomic E-state index is 10.7. The Morgan fingerprint density at radius 3 is 2.78 bits per heavy atom. The standard InChI is InChI=1S/C21H32O2/c1-5-6-7-8-15-11-18(22)20-17-13-21(4,23-19(20)12-15)10-9-16(17)14(2)3/h11-12,14,16-17,22H,5-10,13H2,1-4H3/t16-,17+,21+/m0/s1. The van der Waals surface area contributed by atoms with Gasteiger partial charge in [-0.05, 0) is 74.5 Å². The van der Waals surface area contributed by atoms with E-state index in [1.807, 2.05) is 6.07 Å². The SMILES string of the molecule is CCCCCc1cc(O)c2c(c1)O[C@]1(C)CC[C@@H](C(C)C)[C@H]2C1. The molecule has 1 fully saturated rings. The van der Waals surface area contributed by atoms with Gasteiger partial charge in [0.05, 0.1) is 0 Å². The number of rotatable bonds is 5. The van der Waals surface area contributed by atoms with Crippen molar-refractivity contribution in [3.8, 4) is 11.5 Å². The van der Waals surface area contributed by atoms with Crippen LogP contribution in [0, 0.1) is 11.8 Å². The van der Waals surface area contributed by atoms with E-state index in [1.54, 1.807) is 0 Å². The van der Waals surface area contributed by atoms with Gasteiger partial charge < -0.3 is 9.84 Å². The van der Waals surface area contributed by atoms with E-state index < -0.39 is 0 Å². The lowest BCUT2D eigenvalue weighted by atomic mass is 9.64. The Morgan fingerprint density at radius 1 is 1.30 bits per heavy atom. The van der Waals surface area contributed by atoms with Gasteiger partial charge in [-0.25, -0.2) is 0 Å². The van der Waals surface area contributed by atoms with Crippen LogP contribution in [0.2, 0.25) is 0 Å². The number of unbranched alkanes of at least 4 members (excludes halogenated alkanes) is 2. The molecule has 0 radical (unpaired) electrons. The van der Waals surface area contributed by atoms with Crippen LogP contribution in [-0.4, -0.2) is 10.7 Å². The largest absolute Gasteiger partial charge is 0.508 e. The van der Waals surface area contributed by atoms with Crippen molar-refractivity contribution in [3.05, 3.63) is 23.3 Å². The van der Waals surface area contributed by atoms with E-state index in [-0.39, 0.29) is 5.60 Å². The van der Waals surface area contributed by atoms with Crippen LogP contribution in [0.5, 0.6) is 11.5 Å². The van der Waals surface area contributed by atoms with Crippen molar-refractivity contribution in [1.29, 1.82) is 0 Å². The zero-order chi connectivity index (χ0) is 16.6. The first-order valence-electron chi connectivity index (χ1n) is 9.48. The fraction of sp³-hybridized carbons (Fsp3) is 0.714. The number of phenols is 1. The fourth-order valence-corrected chi connectivity index (χ4v) is 4.71. The van der Waals surface area contributed by atoms with Crippen molar-refractivity contribution in [3.63, 3.8) is 0 Å². The molecule has 1 saturated carbocycles. The smallest absolute Gasteiger partial charge is 0.127 e. The molecule has 0 amide bonds. The first-order chi connectivity index (χ1) is 10.9. The van der Waals surface area contributed by atoms with Gasteiger partial charge in [0.25, 0.3) is 0 Å². The second-order valence-electron chi connectivity index (χ2n) is 8.29. The fourth-order valence-electron chi connectivity index (χ4n) is 4.71. The van der Waals surface area contributed by atoms with Crippen LogP contribution < -0.4 is 4.74 Å². The lowest BCUT2D eigenvalue weighted by Gasteiger charge is -2.49. The average molecular weight is 316 g/mol. The minimum atomic E-state index is -0.0441. The van der Waals surface area contributed by atoms with Crippen molar-refractivity contribution >= 4 is 0 Å². The molecule has 23 heavy (non-hydrogen) atoms. The number of fused-ring (bicyclic) bond motifs is 4. The molecule has 2 heteroatoms. The third-order valence-corrected chi connectivity index (χ3v) is 6.01. The minimum Gasteiger partial charge on any atom is -0.508 e. The molecule has 1 aromatic rings. The van der Waals surface area contributed by atoms with Crippen molar-refractivity contribution in [2.75, 3.05) is 0 Å². The molecule has 1 aliphatic carbocycles. The van der Waals surface area contributed by atoms with Gasteiger partial charge in [0.2, 0.25) is 0 Å². The van der Waals surface area contributed by atoms with Crippen LogP contribution in [-0.2, 0) is 6.42 Å². The van der Waals surface area contributed by atoms with E-state index >= 15 is 0 Å². The maximum Gasteiger partial charge on any atom is 0.127 e. The van der Waals surface area contributed by atoms with E-state index in [2.05, 4.69) is 33.8 Å². The molecule has 0 saturated heterocycles. The molecule has 3 atom stereocenters. The van der Waals surface area contributed by atoms with Crippen LogP contribution in [0.4, 0.5) is 0 Å². The summed E-state index contributed by atoms with van der Waals surface area (Å²) in [6.45, 7) is 9.11. The third-order valence-electron chi connectivity index (χ3n) is 6.01. The number of hydrogen-bond acceptors (Lipinski definition) is 2. The summed E-state index contributed by atoms with van der Waals surface area (Å²) in [6.07, 6.45) is 8.07. The summed E-state index contributed by atoms with van der Waals surface area (Å²) in [5.74, 6) is 3.18. The highest BCUT2D eigenvalue weighted by molar-refractivity contribution is 5.52. The predicted molar refractivity (Wildman–Crippen MR) is 95.3 cm³/mol. The Hall–Kier alpha value is -1.18. The second kappa shape index (κ2) is 6.37. The summed E-state index contributed by atoms with van der Waals surface area (Å²) < 4.78 is 6.39. The number of aryl methyl sites for hydroxylation is 1. The number of hydrogen-bond donors (Lipinski definition) is 1. The molecule has 1 aromatic carbocycles. The number of aromatic hydroxyl groups is 1. The summed E-state index contributed by atoms with van der Waals surface area (Å²) in [4.78, 5) is 0. The third kappa shape index (κ3) is 3.22. The van der Waals surface area contributed by atoms with Gasteiger partial charge >= 0.3 is 0 Å². The minimum absolute atomic E-state index is 0.0441. The highest BCUT2D eigenvalue weighted by Crippen LogP contribution is 2.55. The molecule has 0 unspecified atom stereocenters. The summed E-state index contributed by atoms with van der Waals surface area (Å²) >= 11 is 0. The van der Waals surface area contributed by atoms with Crippen molar-refractivity contribution in [2.45, 2.75) is 84.2 Å². The Morgan fingerprint density at radius 2 is 2.09 bits per heavy atom. The molecule has 2 aliphatic rings. The van der Waals surface area contributed by atoms with Gasteiger partial charge in [0, 0.05) is 5.56 Å². The van der Waals surface area contributed by atoms with Crippen LogP contribution in [0.15, 0.2) is 12.1 Å². The molecule has 1 N–H and O–H groups in total. The zero-order valence-electron chi connectivity index (χ0n) is 15.2. The van der Waals surface area contributed by atoms with Gasteiger partial charge in [0.15, 0.2) is 0 Å². The first-order valence-corrected chi connectivity index (χ1v) is 9.48. The Bertz CT molecular complexity index is 563. The molecule has 0 spiro atoms. The number of benzene rings is 1. The van der Waals surface area contributed by atoms with Crippen LogP contribution in [0.1, 0.15) is 83.3 Å². The Labute approximate surface area is 141 Å². The highest BCUT2D eigenvalue weighted by atomic mass is 16.5. The Balaban J connectivity index is 1.94. The maximum atomic E-state index is 10.7. The summed E-state index contributed by atoms with van der Waals surface area (Å²) in [6, 6.07) is 4.20. The van der Waals surface area contributed by atoms with Gasteiger partial charge in [-0.15, -0.1) is 0 Å². The number of ether oxygens (including phenoxy) is 1. The molecular formula is C21H32O2. The van der Waals surface area contributed by atoms with Crippen molar-refractivity contribution in [1.82, 2.24) is 0 Å². The van der Waals surface area contributed by atoms with E-state index in [0.29, 0.717) is 23.5 Å². The van der Waals surface area contributed by atoms with E-state index in [9.17, 15) is 5.11 Å². The molecule has 1 aliphatic heterocycles. The van der Waals surface area contributed by atoms with Gasteiger partial charge in [-0.2, -0.15) is 0 Å². The van der Waals surface area contributed by atoms with Gasteiger partial charge in [-0.3, -0.25) is 0 Å². The van der Waals surface area contributed by atoms with Gasteiger partial charge in [0.1, 0.15) is 17.1 Å². The number of phenolic OH excluding ortho intramolecular Hbond substituents is 1. The summed E-state index contributed by atoms with van der Waals surface area (Å²) in [7, 11) is 0. The normalized spacial score (nSPS) is 29.3. The van der Waals surface area contributed by atoms with E-state index in [1.165, 1.54) is 31.2 Å². The molecular weight excluding hydrogens is 284 g/mol. The molecule has 2 bridgehead atoms. The molecule has 3 rings (SSSR count). The topological polar surface area (TPSA) is 29.5 Å². The van der Waals surface area contributed by atoms with E-state index in [4.69, 9.17) is 4.74 Å². The molecule has 2 nitrogen and oxygen atoms in total. The predicted octanol–water partition coefficient (Wildman–Crippen LogP) is 5.82. The van der Waals surface area contributed by atoms with Crippen LogP contribution in [0.3, 0.4) is 0 Å². The highest BCUT2D eigenvalue weighted by Gasteiger charge is 2.46. The van der Waals surface area contributed by atoms with E-state index in [0.717, 1.165) is 30.6 Å². The Kier molecular flexibility index (Phi) is 4.62. The van der Waals surface area contributed by atoms with Crippen LogP contribution in [0.25, 0.3) is 0 Å². The first kappa shape index (κ1) is 16.7. The van der Waals surface area contributed by atoms with Crippen molar-refractivity contribution in [2.24, 2.45) is 11.8 Å². The molecule has 1 heterocycles. The molecule has 0 aromatic heterocycles.